The highest BCUT2D eigenvalue weighted by Crippen LogP contribution is 2.33. The van der Waals surface area contributed by atoms with Gasteiger partial charge in [-0.15, -0.1) is 0 Å². The Kier molecular flexibility index (Phi) is 10.7. The zero-order valence-corrected chi connectivity index (χ0v) is 25.4. The van der Waals surface area contributed by atoms with Crippen LogP contribution >= 0.6 is 0 Å². The molecule has 2 aromatic heterocycles. The van der Waals surface area contributed by atoms with E-state index in [2.05, 4.69) is 90.8 Å². The van der Waals surface area contributed by atoms with Crippen LogP contribution in [0.3, 0.4) is 0 Å². The number of para-hydroxylation sites is 2. The predicted octanol–water partition coefficient (Wildman–Crippen LogP) is 3.51. The number of fused-ring (bicyclic) bond motifs is 1. The van der Waals surface area contributed by atoms with E-state index in [9.17, 15) is 14.4 Å². The maximum atomic E-state index is 10.3. The van der Waals surface area contributed by atoms with Crippen molar-refractivity contribution in [3.63, 3.8) is 0 Å². The Hall–Kier alpha value is -3.87. The molecule has 0 unspecified atom stereocenters. The van der Waals surface area contributed by atoms with Crippen LogP contribution in [-0.2, 0) is 34.0 Å². The van der Waals surface area contributed by atoms with Crippen LogP contribution in [0.1, 0.15) is 71.7 Å². The lowest BCUT2D eigenvalue weighted by atomic mass is 9.79. The van der Waals surface area contributed by atoms with Crippen LogP contribution in [0.25, 0.3) is 11.0 Å². The number of aliphatic carboxylic acids is 3. The first kappa shape index (κ1) is 33.6. The van der Waals surface area contributed by atoms with Crippen molar-refractivity contribution in [3.8, 4) is 0 Å². The molecule has 0 atom stereocenters. The van der Waals surface area contributed by atoms with Crippen molar-refractivity contribution in [2.75, 3.05) is 0 Å². The third kappa shape index (κ3) is 9.31. The highest BCUT2D eigenvalue weighted by Gasteiger charge is 2.41. The van der Waals surface area contributed by atoms with Gasteiger partial charge in [0, 0.05) is 42.6 Å². The first-order chi connectivity index (χ1) is 20.0. The summed E-state index contributed by atoms with van der Waals surface area (Å²) in [5, 5.41) is 37.6. The molecule has 12 nitrogen and oxygen atoms in total. The molecule has 5 N–H and O–H groups in total. The number of imidazole rings is 1. The van der Waals surface area contributed by atoms with Gasteiger partial charge in [-0.05, 0) is 77.3 Å². The molecule has 234 valence electrons. The molecular weight excluding hydrogens is 554 g/mol. The third-order valence-electron chi connectivity index (χ3n) is 7.50. The number of pyridine rings is 1. The second-order valence-corrected chi connectivity index (χ2v) is 12.5. The molecule has 12 heteroatoms. The average Bonchev–Trinajstić information content (AvgIpc) is 3.23. The number of aryl methyl sites for hydroxylation is 1. The molecule has 0 aliphatic carbocycles. The molecule has 0 radical (unpaired) electrons. The van der Waals surface area contributed by atoms with E-state index in [1.165, 1.54) is 11.1 Å². The quantitative estimate of drug-likeness (QED) is 0.218. The number of piperidine rings is 1. The number of rotatable bonds is 11. The molecule has 0 amide bonds. The van der Waals surface area contributed by atoms with Crippen LogP contribution in [0, 0.1) is 0 Å². The normalized spacial score (nSPS) is 16.4. The van der Waals surface area contributed by atoms with Crippen LogP contribution in [-0.4, -0.2) is 80.5 Å². The fourth-order valence-corrected chi connectivity index (χ4v) is 6.06. The maximum Gasteiger partial charge on any atom is 0.336 e. The molecule has 1 aliphatic heterocycles. The number of aromatic nitrogens is 3. The standard InChI is InChI=1S/C25H35N5.C6H8O7/c1-6-30-22-10-8-7-9-21(22)27-23(30)18-29(17-19-11-13-26-14-12-19)20-15-24(2,3)28-25(4,5)16-20;7-3(8)1-6(13,5(11)12)2-4(9)10/h7-14,20,28H,6,15-18H2,1-5H3;13H,1-2H2,(H,7,8)(H,9,10)(H,11,12). The number of carboxylic acid groups (broad SMARTS) is 3. The topological polar surface area (TPSA) is 178 Å². The number of carbonyl (C=O) groups is 3. The van der Waals surface area contributed by atoms with Gasteiger partial charge in [0.25, 0.3) is 0 Å². The van der Waals surface area contributed by atoms with E-state index < -0.39 is 36.4 Å². The minimum absolute atomic E-state index is 0.105. The Balaban J connectivity index is 0.000000331. The molecule has 43 heavy (non-hydrogen) atoms. The number of hydrogen-bond donors (Lipinski definition) is 5. The smallest absolute Gasteiger partial charge is 0.336 e. The third-order valence-corrected chi connectivity index (χ3v) is 7.50. The van der Waals surface area contributed by atoms with Gasteiger partial charge in [-0.3, -0.25) is 19.5 Å². The predicted molar refractivity (Wildman–Crippen MR) is 160 cm³/mol. The van der Waals surface area contributed by atoms with Gasteiger partial charge in [0.2, 0.25) is 0 Å². The van der Waals surface area contributed by atoms with Gasteiger partial charge in [0.1, 0.15) is 5.82 Å². The van der Waals surface area contributed by atoms with Gasteiger partial charge >= 0.3 is 17.9 Å². The van der Waals surface area contributed by atoms with Crippen molar-refractivity contribution in [1.82, 2.24) is 24.8 Å². The van der Waals surface area contributed by atoms with Gasteiger partial charge in [0.15, 0.2) is 5.60 Å². The van der Waals surface area contributed by atoms with Crippen molar-refractivity contribution in [2.24, 2.45) is 0 Å². The van der Waals surface area contributed by atoms with Crippen molar-refractivity contribution in [1.29, 1.82) is 0 Å². The summed E-state index contributed by atoms with van der Waals surface area (Å²) in [5.74, 6) is -3.86. The van der Waals surface area contributed by atoms with Crippen molar-refractivity contribution >= 4 is 28.9 Å². The number of hydrogen-bond acceptors (Lipinski definition) is 8. The lowest BCUT2D eigenvalue weighted by molar-refractivity contribution is -0.170. The van der Waals surface area contributed by atoms with Gasteiger partial charge in [-0.1, -0.05) is 12.1 Å². The van der Waals surface area contributed by atoms with E-state index in [0.29, 0.717) is 6.04 Å². The monoisotopic (exact) mass is 597 g/mol. The SMILES string of the molecule is CCn1c(CN(Cc2ccncc2)C2CC(C)(C)NC(C)(C)C2)nc2ccccc21.O=C(O)CC(O)(CC(=O)O)C(=O)O. The lowest BCUT2D eigenvalue weighted by Gasteiger charge is -2.49. The second-order valence-electron chi connectivity index (χ2n) is 12.5. The molecule has 0 saturated carbocycles. The number of aliphatic hydroxyl groups is 1. The average molecular weight is 598 g/mol. The Labute approximate surface area is 251 Å². The van der Waals surface area contributed by atoms with Crippen LogP contribution < -0.4 is 5.32 Å². The molecule has 0 spiro atoms. The molecule has 3 aromatic rings. The molecule has 1 fully saturated rings. The number of carboxylic acids is 3. The number of nitrogens with zero attached hydrogens (tertiary/aromatic N) is 4. The number of benzene rings is 1. The summed E-state index contributed by atoms with van der Waals surface area (Å²) >= 11 is 0. The van der Waals surface area contributed by atoms with E-state index in [1.807, 2.05) is 12.4 Å². The van der Waals surface area contributed by atoms with Crippen molar-refractivity contribution in [2.45, 2.75) is 103 Å². The highest BCUT2D eigenvalue weighted by atomic mass is 16.4. The Bertz CT molecular complexity index is 1390. The van der Waals surface area contributed by atoms with E-state index in [1.54, 1.807) is 0 Å². The molecule has 1 aliphatic rings. The molecule has 1 saturated heterocycles. The zero-order valence-electron chi connectivity index (χ0n) is 25.4. The summed E-state index contributed by atoms with van der Waals surface area (Å²) in [4.78, 5) is 42.3. The van der Waals surface area contributed by atoms with E-state index >= 15 is 0 Å². The van der Waals surface area contributed by atoms with Crippen LogP contribution in [0.2, 0.25) is 0 Å². The van der Waals surface area contributed by atoms with E-state index in [4.69, 9.17) is 25.4 Å². The molecule has 0 bridgehead atoms. The van der Waals surface area contributed by atoms with E-state index in [0.717, 1.165) is 43.8 Å². The van der Waals surface area contributed by atoms with Crippen LogP contribution in [0.4, 0.5) is 0 Å². The van der Waals surface area contributed by atoms with Gasteiger partial charge in [0.05, 0.1) is 30.4 Å². The zero-order chi connectivity index (χ0) is 32.0. The van der Waals surface area contributed by atoms with Crippen LogP contribution in [0.5, 0.6) is 0 Å². The largest absolute Gasteiger partial charge is 0.481 e. The minimum Gasteiger partial charge on any atom is -0.481 e. The summed E-state index contributed by atoms with van der Waals surface area (Å²) in [5.41, 5.74) is 1.09. The molecule has 4 rings (SSSR count). The van der Waals surface area contributed by atoms with Gasteiger partial charge in [-0.25, -0.2) is 9.78 Å². The number of nitrogens with one attached hydrogen (secondary N) is 1. The van der Waals surface area contributed by atoms with Gasteiger partial charge in [-0.2, -0.15) is 0 Å². The van der Waals surface area contributed by atoms with Gasteiger partial charge < -0.3 is 30.3 Å². The first-order valence-electron chi connectivity index (χ1n) is 14.3. The van der Waals surface area contributed by atoms with E-state index in [-0.39, 0.29) is 11.1 Å². The summed E-state index contributed by atoms with van der Waals surface area (Å²) < 4.78 is 2.37. The van der Waals surface area contributed by atoms with Crippen LogP contribution in [0.15, 0.2) is 48.8 Å². The second kappa shape index (κ2) is 13.6. The molecule has 3 heterocycles. The Morgan fingerprint density at radius 3 is 2.02 bits per heavy atom. The Morgan fingerprint density at radius 1 is 0.953 bits per heavy atom. The summed E-state index contributed by atoms with van der Waals surface area (Å²) in [6.07, 6.45) is 3.74. The minimum atomic E-state index is -2.74. The highest BCUT2D eigenvalue weighted by molar-refractivity contribution is 5.88. The summed E-state index contributed by atoms with van der Waals surface area (Å²) in [7, 11) is 0. The van der Waals surface area contributed by atoms with Crippen molar-refractivity contribution in [3.05, 3.63) is 60.2 Å². The van der Waals surface area contributed by atoms with Crippen molar-refractivity contribution < 1.29 is 34.8 Å². The fraction of sp³-hybridized carbons (Fsp3) is 0.516. The first-order valence-corrected chi connectivity index (χ1v) is 14.3. The maximum absolute atomic E-state index is 10.3. The Morgan fingerprint density at radius 2 is 1.51 bits per heavy atom. The summed E-state index contributed by atoms with van der Waals surface area (Å²) in [6.45, 7) is 14.2. The molecular formula is C31H43N5O7. The summed E-state index contributed by atoms with van der Waals surface area (Å²) in [6, 6.07) is 13.2. The fourth-order valence-electron chi connectivity index (χ4n) is 6.06. The molecule has 1 aromatic carbocycles. The lowest BCUT2D eigenvalue weighted by Crippen LogP contribution is -2.62.